The lowest BCUT2D eigenvalue weighted by molar-refractivity contribution is 0.354. The summed E-state index contributed by atoms with van der Waals surface area (Å²) >= 11 is 3.40. The van der Waals surface area contributed by atoms with Crippen LogP contribution in [0.25, 0.3) is 0 Å². The zero-order chi connectivity index (χ0) is 12.4. The number of likely N-dealkylation sites (N-methyl/N-ethyl adjacent to an activating group) is 1. The summed E-state index contributed by atoms with van der Waals surface area (Å²) in [6.45, 7) is 2.27. The van der Waals surface area contributed by atoms with Crippen molar-refractivity contribution in [3.63, 3.8) is 0 Å². The van der Waals surface area contributed by atoms with Gasteiger partial charge in [-0.05, 0) is 61.9 Å². The topological polar surface area (TPSA) is 12.0 Å². The third kappa shape index (κ3) is 3.29. The van der Waals surface area contributed by atoms with E-state index in [4.69, 9.17) is 0 Å². The van der Waals surface area contributed by atoms with Gasteiger partial charge in [0, 0.05) is 10.5 Å². The molecular weight excluding hydrogens is 281 g/mol. The molecule has 0 heterocycles. The summed E-state index contributed by atoms with van der Waals surface area (Å²) in [6, 6.07) is 5.54. The molecule has 2 unspecified atom stereocenters. The van der Waals surface area contributed by atoms with Gasteiger partial charge in [-0.3, -0.25) is 0 Å². The van der Waals surface area contributed by atoms with E-state index in [9.17, 15) is 4.39 Å². The molecule has 1 aliphatic rings. The van der Waals surface area contributed by atoms with E-state index in [1.807, 2.05) is 13.1 Å². The fourth-order valence-corrected chi connectivity index (χ4v) is 2.85. The highest BCUT2D eigenvalue weighted by molar-refractivity contribution is 9.10. The van der Waals surface area contributed by atoms with E-state index in [0.29, 0.717) is 12.0 Å². The summed E-state index contributed by atoms with van der Waals surface area (Å²) in [4.78, 5) is 0. The van der Waals surface area contributed by atoms with Gasteiger partial charge in [0.25, 0.3) is 0 Å². The largest absolute Gasteiger partial charge is 0.316 e. The molecule has 17 heavy (non-hydrogen) atoms. The molecule has 94 valence electrons. The second kappa shape index (κ2) is 5.49. The number of hydrogen-bond acceptors (Lipinski definition) is 1. The third-order valence-electron chi connectivity index (χ3n) is 3.82. The van der Waals surface area contributed by atoms with Gasteiger partial charge >= 0.3 is 0 Å². The van der Waals surface area contributed by atoms with Gasteiger partial charge in [-0.1, -0.05) is 22.9 Å². The maximum atomic E-state index is 13.7. The Labute approximate surface area is 111 Å². The Morgan fingerprint density at radius 2 is 2.18 bits per heavy atom. The minimum absolute atomic E-state index is 0.101. The number of benzene rings is 1. The average molecular weight is 300 g/mol. The predicted octanol–water partition coefficient (Wildman–Crippen LogP) is 3.76. The molecule has 1 N–H and O–H groups in total. The first-order chi connectivity index (χ1) is 8.11. The molecule has 1 saturated carbocycles. The van der Waals surface area contributed by atoms with Crippen molar-refractivity contribution in [2.24, 2.45) is 11.8 Å². The van der Waals surface area contributed by atoms with Crippen LogP contribution in [0.4, 0.5) is 4.39 Å². The predicted molar refractivity (Wildman–Crippen MR) is 72.5 cm³/mol. The molecule has 2 atom stereocenters. The van der Waals surface area contributed by atoms with Crippen molar-refractivity contribution in [2.75, 3.05) is 7.05 Å². The van der Waals surface area contributed by atoms with E-state index in [1.165, 1.54) is 18.9 Å². The Morgan fingerprint density at radius 3 is 2.76 bits per heavy atom. The van der Waals surface area contributed by atoms with Gasteiger partial charge in [0.15, 0.2) is 0 Å². The standard InChI is InChI=1S/C14H19BrFN/c1-9(10-3-4-10)14(17-2)8-11-7-12(15)5-6-13(11)16/h5-7,9-10,14,17H,3-4,8H2,1-2H3. The summed E-state index contributed by atoms with van der Waals surface area (Å²) in [7, 11) is 1.97. The highest BCUT2D eigenvalue weighted by Gasteiger charge is 2.32. The van der Waals surface area contributed by atoms with E-state index < -0.39 is 0 Å². The molecule has 1 fully saturated rings. The van der Waals surface area contributed by atoms with Crippen LogP contribution in [0.15, 0.2) is 22.7 Å². The minimum Gasteiger partial charge on any atom is -0.316 e. The van der Waals surface area contributed by atoms with E-state index in [1.54, 1.807) is 6.07 Å². The van der Waals surface area contributed by atoms with Crippen molar-refractivity contribution < 1.29 is 4.39 Å². The Kier molecular flexibility index (Phi) is 4.21. The summed E-state index contributed by atoms with van der Waals surface area (Å²) < 4.78 is 14.6. The van der Waals surface area contributed by atoms with Crippen LogP contribution in [0.1, 0.15) is 25.3 Å². The Bertz CT molecular complexity index is 390. The smallest absolute Gasteiger partial charge is 0.126 e. The molecule has 1 aromatic rings. The Balaban J connectivity index is 2.08. The number of nitrogens with one attached hydrogen (secondary N) is 1. The zero-order valence-electron chi connectivity index (χ0n) is 10.3. The fraction of sp³-hybridized carbons (Fsp3) is 0.571. The van der Waals surface area contributed by atoms with Crippen LogP contribution >= 0.6 is 15.9 Å². The second-order valence-electron chi connectivity index (χ2n) is 5.03. The minimum atomic E-state index is -0.101. The third-order valence-corrected chi connectivity index (χ3v) is 4.31. The van der Waals surface area contributed by atoms with Gasteiger partial charge in [-0.2, -0.15) is 0 Å². The molecule has 0 aromatic heterocycles. The average Bonchev–Trinajstić information content (AvgIpc) is 3.13. The molecule has 3 heteroatoms. The molecule has 1 nitrogen and oxygen atoms in total. The molecule has 0 bridgehead atoms. The van der Waals surface area contributed by atoms with Gasteiger partial charge in [-0.15, -0.1) is 0 Å². The van der Waals surface area contributed by atoms with Crippen molar-refractivity contribution in [3.8, 4) is 0 Å². The quantitative estimate of drug-likeness (QED) is 0.873. The van der Waals surface area contributed by atoms with Crippen LogP contribution in [0, 0.1) is 17.7 Å². The number of halogens is 2. The van der Waals surface area contributed by atoms with Crippen LogP contribution in [0.5, 0.6) is 0 Å². The van der Waals surface area contributed by atoms with E-state index >= 15 is 0 Å². The molecule has 0 spiro atoms. The molecular formula is C14H19BrFN. The molecule has 0 amide bonds. The molecule has 1 aliphatic carbocycles. The van der Waals surface area contributed by atoms with Crippen molar-refractivity contribution in [2.45, 2.75) is 32.2 Å². The lowest BCUT2D eigenvalue weighted by atomic mass is 9.91. The second-order valence-corrected chi connectivity index (χ2v) is 5.95. The summed E-state index contributed by atoms with van der Waals surface area (Å²) in [6.07, 6.45) is 3.43. The van der Waals surface area contributed by atoms with Crippen LogP contribution in [-0.2, 0) is 6.42 Å². The monoisotopic (exact) mass is 299 g/mol. The van der Waals surface area contributed by atoms with Crippen LogP contribution in [-0.4, -0.2) is 13.1 Å². The van der Waals surface area contributed by atoms with Gasteiger partial charge in [0.05, 0.1) is 0 Å². The van der Waals surface area contributed by atoms with Crippen molar-refractivity contribution in [1.29, 1.82) is 0 Å². The van der Waals surface area contributed by atoms with Gasteiger partial charge in [0.2, 0.25) is 0 Å². The summed E-state index contributed by atoms with van der Waals surface area (Å²) in [5.41, 5.74) is 0.797. The highest BCUT2D eigenvalue weighted by atomic mass is 79.9. The molecule has 0 saturated heterocycles. The Hall–Kier alpha value is -0.410. The highest BCUT2D eigenvalue weighted by Crippen LogP contribution is 2.38. The first-order valence-electron chi connectivity index (χ1n) is 6.23. The van der Waals surface area contributed by atoms with Crippen molar-refractivity contribution >= 4 is 15.9 Å². The van der Waals surface area contributed by atoms with E-state index in [-0.39, 0.29) is 5.82 Å². The first kappa shape index (κ1) is 13.0. The maximum absolute atomic E-state index is 13.7. The molecule has 1 aromatic carbocycles. The number of rotatable bonds is 5. The van der Waals surface area contributed by atoms with Crippen LogP contribution in [0.2, 0.25) is 0 Å². The maximum Gasteiger partial charge on any atom is 0.126 e. The SMILES string of the molecule is CNC(Cc1cc(Br)ccc1F)C(C)C1CC1. The molecule has 0 aliphatic heterocycles. The van der Waals surface area contributed by atoms with Crippen LogP contribution in [0.3, 0.4) is 0 Å². The van der Waals surface area contributed by atoms with Gasteiger partial charge in [-0.25, -0.2) is 4.39 Å². The zero-order valence-corrected chi connectivity index (χ0v) is 11.9. The fourth-order valence-electron chi connectivity index (χ4n) is 2.44. The van der Waals surface area contributed by atoms with E-state index in [2.05, 4.69) is 28.2 Å². The van der Waals surface area contributed by atoms with Crippen molar-refractivity contribution in [3.05, 3.63) is 34.1 Å². The van der Waals surface area contributed by atoms with Crippen LogP contribution < -0.4 is 5.32 Å². The number of hydrogen-bond donors (Lipinski definition) is 1. The van der Waals surface area contributed by atoms with Crippen molar-refractivity contribution in [1.82, 2.24) is 5.32 Å². The van der Waals surface area contributed by atoms with Gasteiger partial charge < -0.3 is 5.32 Å². The summed E-state index contributed by atoms with van der Waals surface area (Å²) in [5, 5.41) is 3.34. The molecule has 2 rings (SSSR count). The molecule has 0 radical (unpaired) electrons. The summed E-state index contributed by atoms with van der Waals surface area (Å²) in [5.74, 6) is 1.36. The van der Waals surface area contributed by atoms with Gasteiger partial charge in [0.1, 0.15) is 5.82 Å². The lowest BCUT2D eigenvalue weighted by Gasteiger charge is -2.23. The Morgan fingerprint density at radius 1 is 1.47 bits per heavy atom. The normalized spacial score (nSPS) is 19.1. The first-order valence-corrected chi connectivity index (χ1v) is 7.02. The van der Waals surface area contributed by atoms with E-state index in [0.717, 1.165) is 22.4 Å². The lowest BCUT2D eigenvalue weighted by Crippen LogP contribution is -2.35.